The Morgan fingerprint density at radius 3 is 2.67 bits per heavy atom. The van der Waals surface area contributed by atoms with Crippen molar-refractivity contribution in [2.45, 2.75) is 24.7 Å². The second kappa shape index (κ2) is 7.13. The summed E-state index contributed by atoms with van der Waals surface area (Å²) in [6.07, 6.45) is 2.34. The predicted octanol–water partition coefficient (Wildman–Crippen LogP) is 3.29. The summed E-state index contributed by atoms with van der Waals surface area (Å²) >= 11 is 6.56. The molecule has 0 amide bonds. The van der Waals surface area contributed by atoms with Gasteiger partial charge in [-0.1, -0.05) is 23.7 Å². The molecular weight excluding hydrogens is 369 g/mol. The maximum atomic E-state index is 13.2. The lowest BCUT2D eigenvalue weighted by molar-refractivity contribution is 0.626. The number of nitrogens with zero attached hydrogens (tertiary/aromatic N) is 3. The number of anilines is 3. The largest absolute Gasteiger partial charge is 0.368 e. The molecule has 0 aliphatic heterocycles. The number of rotatable bonds is 6. The molecular formula is C18H19ClFN7. The maximum Gasteiger partial charge on any atom is 0.222 e. The summed E-state index contributed by atoms with van der Waals surface area (Å²) in [6, 6.07) is 8.00. The number of hydrogen-bond acceptors (Lipinski definition) is 6. The molecule has 1 aromatic carbocycles. The van der Waals surface area contributed by atoms with Gasteiger partial charge in [-0.15, -0.1) is 0 Å². The molecule has 2 heterocycles. The van der Waals surface area contributed by atoms with Crippen LogP contribution in [-0.4, -0.2) is 26.7 Å². The zero-order chi connectivity index (χ0) is 19.0. The molecule has 0 unspecified atom stereocenters. The van der Waals surface area contributed by atoms with Gasteiger partial charge in [0.2, 0.25) is 5.95 Å². The Hall–Kier alpha value is -2.71. The van der Waals surface area contributed by atoms with Gasteiger partial charge in [0, 0.05) is 30.1 Å². The first kappa shape index (κ1) is 17.7. The van der Waals surface area contributed by atoms with E-state index < -0.39 is 0 Å². The highest BCUT2D eigenvalue weighted by atomic mass is 35.5. The van der Waals surface area contributed by atoms with E-state index >= 15 is 0 Å². The standard InChI is InChI=1S/C18H19ClFN7/c19-15-16(12(8-21)9-3-5-11(20)6-4-9)24-18(22)25-17(15)23-14-7-13(26-27-14)10-1-2-10/h3-7,10,12H,1-2,8,21H2,(H4,22,23,24,25,26,27)/t12-/m0/s1. The third kappa shape index (κ3) is 3.72. The van der Waals surface area contributed by atoms with E-state index in [4.69, 9.17) is 23.1 Å². The number of benzene rings is 1. The van der Waals surface area contributed by atoms with Gasteiger partial charge < -0.3 is 16.8 Å². The lowest BCUT2D eigenvalue weighted by atomic mass is 9.95. The van der Waals surface area contributed by atoms with Crippen LogP contribution in [0.3, 0.4) is 0 Å². The van der Waals surface area contributed by atoms with Crippen LogP contribution in [0.4, 0.5) is 22.0 Å². The van der Waals surface area contributed by atoms with E-state index in [2.05, 4.69) is 25.5 Å². The van der Waals surface area contributed by atoms with Gasteiger partial charge in [0.25, 0.3) is 0 Å². The average molecular weight is 388 g/mol. The molecule has 1 atom stereocenters. The van der Waals surface area contributed by atoms with Crippen LogP contribution >= 0.6 is 11.6 Å². The van der Waals surface area contributed by atoms with Crippen molar-refractivity contribution in [3.63, 3.8) is 0 Å². The van der Waals surface area contributed by atoms with Crippen LogP contribution in [-0.2, 0) is 0 Å². The van der Waals surface area contributed by atoms with Crippen molar-refractivity contribution < 1.29 is 4.39 Å². The topological polar surface area (TPSA) is 119 Å². The number of hydrogen-bond donors (Lipinski definition) is 4. The molecule has 4 rings (SSSR count). The third-order valence-electron chi connectivity index (χ3n) is 4.59. The Kier molecular flexibility index (Phi) is 4.67. The van der Waals surface area contributed by atoms with Crippen molar-refractivity contribution in [1.82, 2.24) is 20.2 Å². The molecule has 6 N–H and O–H groups in total. The Labute approximate surface area is 160 Å². The van der Waals surface area contributed by atoms with E-state index in [0.29, 0.717) is 28.3 Å². The van der Waals surface area contributed by atoms with E-state index in [-0.39, 0.29) is 24.2 Å². The summed E-state index contributed by atoms with van der Waals surface area (Å²) in [7, 11) is 0. The number of aromatic nitrogens is 4. The van der Waals surface area contributed by atoms with Gasteiger partial charge in [-0.2, -0.15) is 10.1 Å². The van der Waals surface area contributed by atoms with Crippen molar-refractivity contribution in [1.29, 1.82) is 0 Å². The molecule has 1 aliphatic carbocycles. The molecule has 9 heteroatoms. The van der Waals surface area contributed by atoms with Gasteiger partial charge in [-0.05, 0) is 30.5 Å². The molecule has 0 spiro atoms. The highest BCUT2D eigenvalue weighted by Crippen LogP contribution is 2.40. The highest BCUT2D eigenvalue weighted by Gasteiger charge is 2.26. The van der Waals surface area contributed by atoms with Crippen molar-refractivity contribution in [2.24, 2.45) is 5.73 Å². The average Bonchev–Trinajstić information content (AvgIpc) is 3.40. The first-order chi connectivity index (χ1) is 13.0. The molecule has 7 nitrogen and oxygen atoms in total. The summed E-state index contributed by atoms with van der Waals surface area (Å²) in [5, 5.41) is 10.7. The minimum Gasteiger partial charge on any atom is -0.368 e. The van der Waals surface area contributed by atoms with Crippen LogP contribution in [0.5, 0.6) is 0 Å². The van der Waals surface area contributed by atoms with Crippen molar-refractivity contribution in [3.05, 3.63) is 58.1 Å². The molecule has 27 heavy (non-hydrogen) atoms. The zero-order valence-corrected chi connectivity index (χ0v) is 15.2. The van der Waals surface area contributed by atoms with Gasteiger partial charge in [-0.25, -0.2) is 9.37 Å². The fourth-order valence-electron chi connectivity index (χ4n) is 3.02. The van der Waals surface area contributed by atoms with Crippen LogP contribution in [0.2, 0.25) is 5.02 Å². The second-order valence-electron chi connectivity index (χ2n) is 6.58. The minimum absolute atomic E-state index is 0.0652. The number of H-pyrrole nitrogens is 1. The Morgan fingerprint density at radius 2 is 2.00 bits per heavy atom. The van der Waals surface area contributed by atoms with E-state index in [0.717, 1.165) is 11.3 Å². The minimum atomic E-state index is -0.342. The van der Waals surface area contributed by atoms with Crippen molar-refractivity contribution >= 4 is 29.2 Å². The Bertz CT molecular complexity index is 953. The van der Waals surface area contributed by atoms with Gasteiger partial charge in [0.15, 0.2) is 11.6 Å². The number of nitrogen functional groups attached to an aromatic ring is 1. The number of aromatic amines is 1. The van der Waals surface area contributed by atoms with E-state index in [1.807, 2.05) is 6.07 Å². The van der Waals surface area contributed by atoms with Crippen LogP contribution in [0.15, 0.2) is 30.3 Å². The fourth-order valence-corrected chi connectivity index (χ4v) is 3.29. The molecule has 1 saturated carbocycles. The number of nitrogens with one attached hydrogen (secondary N) is 2. The van der Waals surface area contributed by atoms with Crippen LogP contribution < -0.4 is 16.8 Å². The van der Waals surface area contributed by atoms with Gasteiger partial charge >= 0.3 is 0 Å². The molecule has 0 bridgehead atoms. The zero-order valence-electron chi connectivity index (χ0n) is 14.4. The SMILES string of the molecule is NC[C@@H](c1ccc(F)cc1)c1nc(N)nc(Nc2cc(C3CC3)[nH]n2)c1Cl. The van der Waals surface area contributed by atoms with Crippen molar-refractivity contribution in [3.8, 4) is 0 Å². The highest BCUT2D eigenvalue weighted by molar-refractivity contribution is 6.33. The predicted molar refractivity (Wildman–Crippen MR) is 103 cm³/mol. The Morgan fingerprint density at radius 1 is 1.26 bits per heavy atom. The molecule has 1 fully saturated rings. The molecule has 1 aliphatic rings. The molecule has 3 aromatic rings. The second-order valence-corrected chi connectivity index (χ2v) is 6.96. The lowest BCUT2D eigenvalue weighted by Gasteiger charge is -2.18. The first-order valence-electron chi connectivity index (χ1n) is 8.66. The number of halogens is 2. The molecule has 140 valence electrons. The first-order valence-corrected chi connectivity index (χ1v) is 9.03. The van der Waals surface area contributed by atoms with Crippen LogP contribution in [0, 0.1) is 5.82 Å². The summed E-state index contributed by atoms with van der Waals surface area (Å²) in [6.45, 7) is 0.232. The Balaban J connectivity index is 1.67. The van der Waals surface area contributed by atoms with Gasteiger partial charge in [0.1, 0.15) is 10.8 Å². The van der Waals surface area contributed by atoms with Gasteiger partial charge in [0.05, 0.1) is 5.69 Å². The number of nitrogens with two attached hydrogens (primary N) is 2. The van der Waals surface area contributed by atoms with E-state index in [9.17, 15) is 4.39 Å². The normalized spacial score (nSPS) is 14.9. The van der Waals surface area contributed by atoms with Crippen molar-refractivity contribution in [2.75, 3.05) is 17.6 Å². The maximum absolute atomic E-state index is 13.2. The van der Waals surface area contributed by atoms with E-state index in [1.54, 1.807) is 12.1 Å². The smallest absolute Gasteiger partial charge is 0.222 e. The summed E-state index contributed by atoms with van der Waals surface area (Å²) < 4.78 is 13.2. The fraction of sp³-hybridized carbons (Fsp3) is 0.278. The summed E-state index contributed by atoms with van der Waals surface area (Å²) in [4.78, 5) is 8.47. The molecule has 0 saturated heterocycles. The molecule has 0 radical (unpaired) electrons. The monoisotopic (exact) mass is 387 g/mol. The van der Waals surface area contributed by atoms with E-state index in [1.165, 1.54) is 25.0 Å². The van der Waals surface area contributed by atoms with Crippen LogP contribution in [0.1, 0.15) is 41.6 Å². The quantitative estimate of drug-likeness (QED) is 0.515. The third-order valence-corrected chi connectivity index (χ3v) is 4.97. The summed E-state index contributed by atoms with van der Waals surface area (Å²) in [5.74, 6) is 0.910. The van der Waals surface area contributed by atoms with Crippen LogP contribution in [0.25, 0.3) is 0 Å². The summed E-state index contributed by atoms with van der Waals surface area (Å²) in [5.41, 5.74) is 14.2. The van der Waals surface area contributed by atoms with Gasteiger partial charge in [-0.3, -0.25) is 5.10 Å². The lowest BCUT2D eigenvalue weighted by Crippen LogP contribution is -2.17. The molecule has 2 aromatic heterocycles.